The van der Waals surface area contributed by atoms with Gasteiger partial charge in [-0.3, -0.25) is 37.3 Å². The van der Waals surface area contributed by atoms with Gasteiger partial charge in [0.05, 0.1) is 26.4 Å². The van der Waals surface area contributed by atoms with Gasteiger partial charge in [0.25, 0.3) is 0 Å². The number of carbonyl (C=O) groups excluding carboxylic acids is 4. The van der Waals surface area contributed by atoms with Crippen LogP contribution in [-0.4, -0.2) is 96.7 Å². The van der Waals surface area contributed by atoms with E-state index in [4.69, 9.17) is 37.0 Å². The molecule has 0 fully saturated rings. The van der Waals surface area contributed by atoms with Crippen molar-refractivity contribution in [2.24, 2.45) is 0 Å². The molecule has 0 saturated carbocycles. The molecule has 0 aliphatic carbocycles. The van der Waals surface area contributed by atoms with Crippen molar-refractivity contribution < 1.29 is 80.2 Å². The summed E-state index contributed by atoms with van der Waals surface area (Å²) >= 11 is 0. The molecule has 0 aromatic carbocycles. The van der Waals surface area contributed by atoms with E-state index in [-0.39, 0.29) is 25.7 Å². The standard InChI is InChI=1S/C85H144O17P2/c1-5-9-13-17-21-25-29-33-37-38-39-40-44-46-50-54-58-62-66-70-83(88)96-76-81(102-85(90)72-68-64-60-56-52-48-43-36-32-28-24-20-16-12-8-4)78-100-104(93,94)98-74-79(86)73-97-103(91,92)99-77-80(101-84(89)71-67-63-59-55-51-47-42-35-31-27-23-19-15-11-7-3)75-95-82(87)69-65-61-57-53-49-45-41-34-30-26-22-18-14-10-6-2/h9-10,13-14,21-22,24-26,28,33-37,39-43,46,50,79-81,86H,5-8,11-12,15-20,23,27,29-32,38,44-45,47-49,51-78H2,1-4H3,(H,91,92)(H,93,94)/b13-9-,14-10-,25-21-,26-22-,28-24-,37-33-,40-39-,41-34-,42-35-,43-36-,50-46-. The number of hydrogen-bond donors (Lipinski definition) is 3. The highest BCUT2D eigenvalue weighted by Crippen LogP contribution is 2.45. The highest BCUT2D eigenvalue weighted by atomic mass is 31.2. The fraction of sp³-hybridized carbons (Fsp3) is 0.694. The Labute approximate surface area is 631 Å². The second-order valence-corrected chi connectivity index (χ2v) is 29.5. The number of aliphatic hydroxyl groups is 1. The first-order valence-corrected chi connectivity index (χ1v) is 43.4. The first kappa shape index (κ1) is 99.2. The monoisotopic (exact) mass is 1500 g/mol. The van der Waals surface area contributed by atoms with Gasteiger partial charge in [0.1, 0.15) is 19.3 Å². The zero-order chi connectivity index (χ0) is 76.0. The average molecular weight is 1500 g/mol. The van der Waals surface area contributed by atoms with E-state index in [1.165, 1.54) is 57.8 Å². The molecule has 0 aromatic heterocycles. The van der Waals surface area contributed by atoms with Gasteiger partial charge < -0.3 is 33.8 Å². The van der Waals surface area contributed by atoms with Crippen LogP contribution in [0.1, 0.15) is 323 Å². The van der Waals surface area contributed by atoms with E-state index in [0.717, 1.165) is 186 Å². The van der Waals surface area contributed by atoms with Gasteiger partial charge in [-0.15, -0.1) is 0 Å². The second kappa shape index (κ2) is 76.4. The minimum Gasteiger partial charge on any atom is -0.462 e. The van der Waals surface area contributed by atoms with Crippen LogP contribution in [0.4, 0.5) is 0 Å². The normalized spacial score (nSPS) is 14.6. The van der Waals surface area contributed by atoms with E-state index < -0.39 is 97.5 Å². The Morgan fingerprint density at radius 2 is 0.500 bits per heavy atom. The van der Waals surface area contributed by atoms with E-state index in [1.54, 1.807) is 0 Å². The maximum atomic E-state index is 13.1. The van der Waals surface area contributed by atoms with Crippen LogP contribution in [0.15, 0.2) is 134 Å². The maximum Gasteiger partial charge on any atom is 0.472 e. The molecule has 0 bridgehead atoms. The number of rotatable bonds is 75. The van der Waals surface area contributed by atoms with Gasteiger partial charge in [0.2, 0.25) is 0 Å². The summed E-state index contributed by atoms with van der Waals surface area (Å²) in [7, 11) is -9.98. The topological polar surface area (TPSA) is 237 Å². The number of allylic oxidation sites excluding steroid dienone is 22. The highest BCUT2D eigenvalue weighted by molar-refractivity contribution is 7.47. The molecule has 19 heteroatoms. The van der Waals surface area contributed by atoms with Crippen LogP contribution in [0.5, 0.6) is 0 Å². The minimum absolute atomic E-state index is 0.0679. The van der Waals surface area contributed by atoms with Gasteiger partial charge in [-0.2, -0.15) is 0 Å². The lowest BCUT2D eigenvalue weighted by Crippen LogP contribution is -2.30. The number of hydrogen-bond acceptors (Lipinski definition) is 15. The van der Waals surface area contributed by atoms with E-state index in [9.17, 15) is 43.2 Å². The molecular weight excluding hydrogens is 1350 g/mol. The van der Waals surface area contributed by atoms with Gasteiger partial charge in [0, 0.05) is 25.7 Å². The molecule has 17 nitrogen and oxygen atoms in total. The van der Waals surface area contributed by atoms with Crippen LogP contribution in [0, 0.1) is 0 Å². The smallest absolute Gasteiger partial charge is 0.462 e. The van der Waals surface area contributed by atoms with Crippen molar-refractivity contribution in [3.63, 3.8) is 0 Å². The number of unbranched alkanes of at least 4 members (excludes halogenated alkanes) is 27. The molecule has 0 saturated heterocycles. The zero-order valence-corrected chi connectivity index (χ0v) is 66.9. The lowest BCUT2D eigenvalue weighted by Gasteiger charge is -2.21. The molecule has 0 aliphatic rings. The summed E-state index contributed by atoms with van der Waals surface area (Å²) in [6, 6.07) is 0. The summed E-state index contributed by atoms with van der Waals surface area (Å²) in [5.41, 5.74) is 0. The maximum absolute atomic E-state index is 13.1. The van der Waals surface area contributed by atoms with E-state index in [1.807, 2.05) is 0 Å². The minimum atomic E-state index is -4.99. The summed E-state index contributed by atoms with van der Waals surface area (Å²) in [6.45, 7) is 4.55. The van der Waals surface area contributed by atoms with Gasteiger partial charge in [-0.05, 0) is 161 Å². The number of phosphoric acid groups is 2. The van der Waals surface area contributed by atoms with Crippen molar-refractivity contribution in [2.45, 2.75) is 341 Å². The Morgan fingerprint density at radius 3 is 0.808 bits per heavy atom. The number of phosphoric ester groups is 2. The lowest BCUT2D eigenvalue weighted by molar-refractivity contribution is -0.161. The fourth-order valence-corrected chi connectivity index (χ4v) is 12.0. The lowest BCUT2D eigenvalue weighted by atomic mass is 10.1. The Bertz CT molecular complexity index is 2490. The molecule has 104 heavy (non-hydrogen) atoms. The molecule has 0 aliphatic heterocycles. The third-order valence-electron chi connectivity index (χ3n) is 16.6. The third kappa shape index (κ3) is 75.4. The van der Waals surface area contributed by atoms with Crippen molar-refractivity contribution in [1.82, 2.24) is 0 Å². The number of carbonyl (C=O) groups is 4. The Morgan fingerprint density at radius 1 is 0.279 bits per heavy atom. The summed E-state index contributed by atoms with van der Waals surface area (Å²) < 4.78 is 68.6. The van der Waals surface area contributed by atoms with Crippen molar-refractivity contribution >= 4 is 39.5 Å². The summed E-state index contributed by atoms with van der Waals surface area (Å²) in [5, 5.41) is 10.6. The van der Waals surface area contributed by atoms with Crippen LogP contribution in [0.2, 0.25) is 0 Å². The molecule has 0 spiro atoms. The first-order chi connectivity index (χ1) is 50.7. The largest absolute Gasteiger partial charge is 0.472 e. The van der Waals surface area contributed by atoms with Crippen LogP contribution in [0.3, 0.4) is 0 Å². The van der Waals surface area contributed by atoms with Crippen LogP contribution in [-0.2, 0) is 65.4 Å². The Hall–Kier alpha value is -4.80. The number of esters is 4. The van der Waals surface area contributed by atoms with Gasteiger partial charge in [0.15, 0.2) is 12.2 Å². The highest BCUT2D eigenvalue weighted by Gasteiger charge is 2.30. The quantitative estimate of drug-likeness (QED) is 0.0169. The SMILES string of the molecule is CC/C=C\C/C=C\C/C=C\C/C=C\C/C=C\CCCCCC(=O)OCC(COP(=O)(O)OCC(O)COP(=O)(O)OCC(COC(=O)CCCCCCC/C=C\C/C=C\C/C=C\CC)OC(=O)CCCCCCC/C=C\CCCCCCCC)OC(=O)CCCCCCC/C=C\C/C=C\CCCCC. The molecule has 0 rings (SSSR count). The molecule has 0 aromatic rings. The molecule has 0 heterocycles. The number of ether oxygens (including phenoxy) is 4. The zero-order valence-electron chi connectivity index (χ0n) is 65.2. The van der Waals surface area contributed by atoms with Crippen LogP contribution >= 0.6 is 15.6 Å². The summed E-state index contributed by atoms with van der Waals surface area (Å²) in [6.07, 6.45) is 85.7. The van der Waals surface area contributed by atoms with Crippen LogP contribution < -0.4 is 0 Å². The molecule has 5 unspecified atom stereocenters. The van der Waals surface area contributed by atoms with E-state index in [0.29, 0.717) is 25.7 Å². The van der Waals surface area contributed by atoms with E-state index >= 15 is 0 Å². The first-order valence-electron chi connectivity index (χ1n) is 40.4. The van der Waals surface area contributed by atoms with Crippen molar-refractivity contribution in [3.05, 3.63) is 134 Å². The predicted octanol–water partition coefficient (Wildman–Crippen LogP) is 23.7. The Balaban J connectivity index is 5.42. The molecule has 5 atom stereocenters. The summed E-state index contributed by atoms with van der Waals surface area (Å²) in [4.78, 5) is 73.1. The molecule has 0 amide bonds. The summed E-state index contributed by atoms with van der Waals surface area (Å²) in [5.74, 6) is -2.25. The van der Waals surface area contributed by atoms with Crippen LogP contribution in [0.25, 0.3) is 0 Å². The molecular formula is C85H144O17P2. The van der Waals surface area contributed by atoms with E-state index in [2.05, 4.69) is 161 Å². The predicted molar refractivity (Wildman–Crippen MR) is 427 cm³/mol. The Kier molecular flexibility index (Phi) is 72.9. The average Bonchev–Trinajstić information content (AvgIpc) is 0.918. The van der Waals surface area contributed by atoms with Crippen molar-refractivity contribution in [1.29, 1.82) is 0 Å². The number of aliphatic hydroxyl groups excluding tert-OH is 1. The third-order valence-corrected chi connectivity index (χ3v) is 18.5. The fourth-order valence-electron chi connectivity index (χ4n) is 10.5. The molecule has 0 radical (unpaired) electrons. The van der Waals surface area contributed by atoms with Gasteiger partial charge >= 0.3 is 39.5 Å². The second-order valence-electron chi connectivity index (χ2n) is 26.6. The van der Waals surface area contributed by atoms with Crippen molar-refractivity contribution in [2.75, 3.05) is 39.6 Å². The van der Waals surface area contributed by atoms with Gasteiger partial charge in [-0.25, -0.2) is 9.13 Å². The van der Waals surface area contributed by atoms with Crippen molar-refractivity contribution in [3.8, 4) is 0 Å². The molecule has 3 N–H and O–H groups in total. The van der Waals surface area contributed by atoms with Gasteiger partial charge in [-0.1, -0.05) is 271 Å². The molecule has 596 valence electrons.